The van der Waals surface area contributed by atoms with Crippen LogP contribution in [0, 0.1) is 18.7 Å². The number of rotatable bonds is 4. The summed E-state index contributed by atoms with van der Waals surface area (Å²) in [7, 11) is 0. The van der Waals surface area contributed by atoms with Gasteiger partial charge in [0.25, 0.3) is 0 Å². The van der Waals surface area contributed by atoms with Gasteiger partial charge in [-0.3, -0.25) is 4.79 Å². The first kappa shape index (κ1) is 13.7. The molecule has 0 radical (unpaired) electrons. The van der Waals surface area contributed by atoms with E-state index in [4.69, 9.17) is 4.74 Å². The van der Waals surface area contributed by atoms with E-state index < -0.39 is 5.92 Å². The fraction of sp³-hybridized carbons (Fsp3) is 0.500. The van der Waals surface area contributed by atoms with E-state index in [2.05, 4.69) is 0 Å². The molecule has 0 bridgehead atoms. The Morgan fingerprint density at radius 2 is 2.00 bits per heavy atom. The van der Waals surface area contributed by atoms with E-state index in [0.29, 0.717) is 12.2 Å². The Hall–Kier alpha value is -1.38. The van der Waals surface area contributed by atoms with Crippen LogP contribution >= 0.6 is 0 Å². The zero-order valence-electron chi connectivity index (χ0n) is 10.8. The van der Waals surface area contributed by atoms with E-state index in [-0.39, 0.29) is 17.7 Å². The van der Waals surface area contributed by atoms with E-state index in [1.807, 2.05) is 26.8 Å². The molecule has 2 nitrogen and oxygen atoms in total. The summed E-state index contributed by atoms with van der Waals surface area (Å²) < 4.78 is 18.4. The van der Waals surface area contributed by atoms with Gasteiger partial charge in [0.1, 0.15) is 5.82 Å². The molecule has 0 aliphatic carbocycles. The molecule has 0 heterocycles. The van der Waals surface area contributed by atoms with Crippen molar-refractivity contribution in [3.63, 3.8) is 0 Å². The number of esters is 1. The molecule has 1 atom stereocenters. The van der Waals surface area contributed by atoms with Gasteiger partial charge in [-0.05, 0) is 43.0 Å². The Kier molecular flexibility index (Phi) is 4.67. The van der Waals surface area contributed by atoms with Crippen LogP contribution in [0.1, 0.15) is 37.8 Å². The molecule has 0 fully saturated rings. The van der Waals surface area contributed by atoms with Gasteiger partial charge in [0.15, 0.2) is 0 Å². The highest BCUT2D eigenvalue weighted by atomic mass is 19.1. The second-order valence-corrected chi connectivity index (χ2v) is 4.54. The molecule has 17 heavy (non-hydrogen) atoms. The fourth-order valence-corrected chi connectivity index (χ4v) is 1.97. The highest BCUT2D eigenvalue weighted by Gasteiger charge is 2.26. The molecule has 0 aliphatic heterocycles. The lowest BCUT2D eigenvalue weighted by atomic mass is 9.87. The van der Waals surface area contributed by atoms with Crippen molar-refractivity contribution in [1.29, 1.82) is 0 Å². The van der Waals surface area contributed by atoms with Crippen LogP contribution in [0.15, 0.2) is 18.2 Å². The molecule has 3 heteroatoms. The minimum atomic E-state index is -0.399. The summed E-state index contributed by atoms with van der Waals surface area (Å²) in [5.74, 6) is -0.915. The zero-order valence-corrected chi connectivity index (χ0v) is 10.8. The number of benzene rings is 1. The predicted molar refractivity (Wildman–Crippen MR) is 65.3 cm³/mol. The van der Waals surface area contributed by atoms with Crippen LogP contribution in [0.3, 0.4) is 0 Å². The van der Waals surface area contributed by atoms with E-state index >= 15 is 0 Å². The first-order valence-corrected chi connectivity index (χ1v) is 5.89. The quantitative estimate of drug-likeness (QED) is 0.751. The Bertz CT molecular complexity index is 379. The number of carbonyl (C=O) groups excluding carboxylic acids is 1. The molecule has 0 saturated carbocycles. The van der Waals surface area contributed by atoms with Gasteiger partial charge in [0, 0.05) is 0 Å². The summed E-state index contributed by atoms with van der Waals surface area (Å²) in [4.78, 5) is 11.9. The lowest BCUT2D eigenvalue weighted by molar-refractivity contribution is -0.146. The lowest BCUT2D eigenvalue weighted by Crippen LogP contribution is -2.21. The van der Waals surface area contributed by atoms with Crippen molar-refractivity contribution in [1.82, 2.24) is 0 Å². The fourth-order valence-electron chi connectivity index (χ4n) is 1.97. The van der Waals surface area contributed by atoms with Crippen LogP contribution in [-0.4, -0.2) is 12.6 Å². The molecule has 0 saturated heterocycles. The molecule has 0 N–H and O–H groups in total. The summed E-state index contributed by atoms with van der Waals surface area (Å²) in [5, 5.41) is 0. The first-order chi connectivity index (χ1) is 7.95. The third-order valence-corrected chi connectivity index (χ3v) is 2.63. The standard InChI is InChI=1S/C14H19FO2/c1-5-17-14(16)13(9(2)3)11-6-10(4)7-12(15)8-11/h6-9,13H,5H2,1-4H3. The highest BCUT2D eigenvalue weighted by Crippen LogP contribution is 2.27. The van der Waals surface area contributed by atoms with Crippen molar-refractivity contribution < 1.29 is 13.9 Å². The number of halogens is 1. The Balaban J connectivity index is 3.09. The molecule has 0 spiro atoms. The Morgan fingerprint density at radius 1 is 1.35 bits per heavy atom. The zero-order chi connectivity index (χ0) is 13.0. The third-order valence-electron chi connectivity index (χ3n) is 2.63. The van der Waals surface area contributed by atoms with Gasteiger partial charge in [0.05, 0.1) is 12.5 Å². The molecule has 1 rings (SSSR count). The molecule has 0 amide bonds. The van der Waals surface area contributed by atoms with Crippen molar-refractivity contribution >= 4 is 5.97 Å². The Labute approximate surface area is 102 Å². The average molecular weight is 238 g/mol. The van der Waals surface area contributed by atoms with Crippen LogP contribution < -0.4 is 0 Å². The highest BCUT2D eigenvalue weighted by molar-refractivity contribution is 5.78. The van der Waals surface area contributed by atoms with Crippen molar-refractivity contribution in [2.75, 3.05) is 6.61 Å². The topological polar surface area (TPSA) is 26.3 Å². The summed E-state index contributed by atoms with van der Waals surface area (Å²) in [5.41, 5.74) is 1.51. The molecule has 1 aromatic carbocycles. The molecular formula is C14H19FO2. The smallest absolute Gasteiger partial charge is 0.313 e. The SMILES string of the molecule is CCOC(=O)C(c1cc(C)cc(F)c1)C(C)C. The summed E-state index contributed by atoms with van der Waals surface area (Å²) >= 11 is 0. The summed E-state index contributed by atoms with van der Waals surface area (Å²) in [6.45, 7) is 7.79. The van der Waals surface area contributed by atoms with E-state index in [1.54, 1.807) is 6.92 Å². The molecule has 0 aliphatic rings. The van der Waals surface area contributed by atoms with Gasteiger partial charge in [-0.25, -0.2) is 4.39 Å². The number of hydrogen-bond donors (Lipinski definition) is 0. The first-order valence-electron chi connectivity index (χ1n) is 5.89. The molecule has 1 aromatic rings. The third kappa shape index (κ3) is 3.55. The van der Waals surface area contributed by atoms with Crippen LogP contribution in [0.25, 0.3) is 0 Å². The van der Waals surface area contributed by atoms with Gasteiger partial charge >= 0.3 is 5.97 Å². The van der Waals surface area contributed by atoms with Crippen molar-refractivity contribution in [2.45, 2.75) is 33.6 Å². The van der Waals surface area contributed by atoms with E-state index in [1.165, 1.54) is 12.1 Å². The maximum absolute atomic E-state index is 13.3. The predicted octanol–water partition coefficient (Wildman–Crippen LogP) is 3.44. The molecule has 94 valence electrons. The van der Waals surface area contributed by atoms with Crippen LogP contribution in [-0.2, 0) is 9.53 Å². The second kappa shape index (κ2) is 5.80. The number of ether oxygens (including phenoxy) is 1. The summed E-state index contributed by atoms with van der Waals surface area (Å²) in [6, 6.07) is 4.70. The van der Waals surface area contributed by atoms with Gasteiger partial charge in [-0.15, -0.1) is 0 Å². The second-order valence-electron chi connectivity index (χ2n) is 4.54. The van der Waals surface area contributed by atoms with Gasteiger partial charge < -0.3 is 4.74 Å². The number of carbonyl (C=O) groups is 1. The maximum Gasteiger partial charge on any atom is 0.313 e. The van der Waals surface area contributed by atoms with Gasteiger partial charge in [-0.1, -0.05) is 19.9 Å². The monoisotopic (exact) mass is 238 g/mol. The number of hydrogen-bond acceptors (Lipinski definition) is 2. The van der Waals surface area contributed by atoms with Crippen LogP contribution in [0.5, 0.6) is 0 Å². The summed E-state index contributed by atoms with van der Waals surface area (Å²) in [6.07, 6.45) is 0. The molecule has 0 aromatic heterocycles. The lowest BCUT2D eigenvalue weighted by Gasteiger charge is -2.20. The van der Waals surface area contributed by atoms with Crippen LogP contribution in [0.2, 0.25) is 0 Å². The minimum absolute atomic E-state index is 0.0789. The van der Waals surface area contributed by atoms with Crippen molar-refractivity contribution in [3.8, 4) is 0 Å². The molecule has 1 unspecified atom stereocenters. The average Bonchev–Trinajstić information content (AvgIpc) is 2.15. The van der Waals surface area contributed by atoms with E-state index in [9.17, 15) is 9.18 Å². The Morgan fingerprint density at radius 3 is 2.47 bits per heavy atom. The van der Waals surface area contributed by atoms with Gasteiger partial charge in [-0.2, -0.15) is 0 Å². The normalized spacial score (nSPS) is 12.6. The molecular weight excluding hydrogens is 219 g/mol. The van der Waals surface area contributed by atoms with Crippen molar-refractivity contribution in [2.24, 2.45) is 5.92 Å². The van der Waals surface area contributed by atoms with E-state index in [0.717, 1.165) is 5.56 Å². The maximum atomic E-state index is 13.3. The van der Waals surface area contributed by atoms with Gasteiger partial charge in [0.2, 0.25) is 0 Å². The minimum Gasteiger partial charge on any atom is -0.466 e. The largest absolute Gasteiger partial charge is 0.466 e. The number of aryl methyl sites for hydroxylation is 1. The van der Waals surface area contributed by atoms with Crippen LogP contribution in [0.4, 0.5) is 4.39 Å². The van der Waals surface area contributed by atoms with Crippen molar-refractivity contribution in [3.05, 3.63) is 35.1 Å².